The lowest BCUT2D eigenvalue weighted by atomic mass is 9.93. The van der Waals surface area contributed by atoms with E-state index in [-0.39, 0.29) is 16.8 Å². The third-order valence-corrected chi connectivity index (χ3v) is 6.77. The molecule has 0 heterocycles. The van der Waals surface area contributed by atoms with E-state index in [2.05, 4.69) is 10.5 Å². The Morgan fingerprint density at radius 1 is 0.875 bits per heavy atom. The molecule has 6 N–H and O–H groups in total. The minimum absolute atomic E-state index is 0.328. The summed E-state index contributed by atoms with van der Waals surface area (Å²) in [5.74, 6) is -1.16. The number of allylic oxidation sites excluding steroid dienone is 1. The Morgan fingerprint density at radius 2 is 1.50 bits per heavy atom. The van der Waals surface area contributed by atoms with Crippen LogP contribution >= 0.6 is 0 Å². The normalized spacial score (nSPS) is 15.9. The zero-order chi connectivity index (χ0) is 24.1. The molecule has 0 radical (unpaired) electrons. The van der Waals surface area contributed by atoms with Crippen LogP contribution in [0.5, 0.6) is 0 Å². The van der Waals surface area contributed by atoms with Gasteiger partial charge in [0.2, 0.25) is 5.78 Å². The maximum Gasteiger partial charge on any atom is 0.296 e. The molecule has 13 nitrogen and oxygen atoms in total. The van der Waals surface area contributed by atoms with Gasteiger partial charge in [0.15, 0.2) is 5.71 Å². The first-order chi connectivity index (χ1) is 14.6. The Bertz CT molecular complexity index is 1540. The standard InChI is InChI=1S/C16H13N3O10S3/c17-10-7-9(30(21,22)23)5-8-6-13(32(27,28)29)15(16(20)14(8)10)19-18-11-3-1-2-4-12(11)31(24,25)26/h1-7,18H,17H2,(H,21,22,23)(H,24,25,26)(H,27,28,29)/b19-15+. The third kappa shape index (κ3) is 4.54. The molecule has 0 atom stereocenters. The number of hydrogen-bond donors (Lipinski definition) is 5. The van der Waals surface area contributed by atoms with Crippen LogP contribution in [0.1, 0.15) is 15.9 Å². The van der Waals surface area contributed by atoms with Crippen molar-refractivity contribution in [2.45, 2.75) is 9.79 Å². The van der Waals surface area contributed by atoms with Crippen LogP contribution < -0.4 is 11.2 Å². The molecule has 2 aromatic rings. The van der Waals surface area contributed by atoms with Crippen molar-refractivity contribution in [2.75, 3.05) is 11.2 Å². The van der Waals surface area contributed by atoms with Gasteiger partial charge in [0.1, 0.15) is 9.80 Å². The van der Waals surface area contributed by atoms with E-state index in [1.54, 1.807) is 0 Å². The molecule has 0 unspecified atom stereocenters. The van der Waals surface area contributed by atoms with Gasteiger partial charge in [0, 0.05) is 5.69 Å². The molecule has 0 aliphatic heterocycles. The predicted octanol–water partition coefficient (Wildman–Crippen LogP) is 0.655. The van der Waals surface area contributed by atoms with Gasteiger partial charge in [-0.05, 0) is 35.9 Å². The average molecular weight is 503 g/mol. The molecule has 0 fully saturated rings. The van der Waals surface area contributed by atoms with Crippen molar-refractivity contribution in [3.63, 3.8) is 0 Å². The van der Waals surface area contributed by atoms with E-state index < -0.39 is 62.2 Å². The van der Waals surface area contributed by atoms with Crippen molar-refractivity contribution in [3.8, 4) is 0 Å². The van der Waals surface area contributed by atoms with Crippen molar-refractivity contribution in [1.29, 1.82) is 0 Å². The summed E-state index contributed by atoms with van der Waals surface area (Å²) >= 11 is 0. The van der Waals surface area contributed by atoms with E-state index in [1.807, 2.05) is 0 Å². The lowest BCUT2D eigenvalue weighted by Crippen LogP contribution is -2.28. The van der Waals surface area contributed by atoms with Crippen LogP contribution in [0.25, 0.3) is 6.08 Å². The molecule has 0 spiro atoms. The molecule has 1 aliphatic carbocycles. The first kappa shape index (κ1) is 23.5. The van der Waals surface area contributed by atoms with E-state index in [1.165, 1.54) is 12.1 Å². The summed E-state index contributed by atoms with van der Waals surface area (Å²) in [6, 6.07) is 6.31. The van der Waals surface area contributed by atoms with E-state index >= 15 is 0 Å². The van der Waals surface area contributed by atoms with E-state index in [0.29, 0.717) is 6.08 Å². The highest BCUT2D eigenvalue weighted by Crippen LogP contribution is 2.32. The molecule has 16 heteroatoms. The van der Waals surface area contributed by atoms with Gasteiger partial charge in [-0.1, -0.05) is 12.1 Å². The van der Waals surface area contributed by atoms with Gasteiger partial charge in [-0.25, -0.2) is 0 Å². The summed E-state index contributed by atoms with van der Waals surface area (Å²) in [4.78, 5) is 10.5. The molecule has 2 aromatic carbocycles. The fraction of sp³-hybridized carbons (Fsp3) is 0. The molecule has 0 amide bonds. The molecular weight excluding hydrogens is 490 g/mol. The van der Waals surface area contributed by atoms with E-state index in [9.17, 15) is 43.7 Å². The summed E-state index contributed by atoms with van der Waals surface area (Å²) in [5, 5.41) is 3.58. The number of carbonyl (C=O) groups is 1. The Balaban J connectivity index is 2.22. The largest absolute Gasteiger partial charge is 0.398 e. The third-order valence-electron chi connectivity index (χ3n) is 4.16. The topological polar surface area (TPSA) is 231 Å². The van der Waals surface area contributed by atoms with Crippen LogP contribution in [0, 0.1) is 0 Å². The number of nitrogens with two attached hydrogens (primary N) is 1. The number of benzene rings is 2. The first-order valence-electron chi connectivity index (χ1n) is 8.16. The number of nitrogen functional groups attached to an aromatic ring is 1. The number of hydrogen-bond acceptors (Lipinski definition) is 10. The SMILES string of the molecule is Nc1cc(S(=O)(=O)O)cc2c1C(=O)/C(=N/Nc1ccccc1S(=O)(=O)O)C(S(=O)(=O)O)=C2. The molecule has 3 rings (SSSR count). The van der Waals surface area contributed by atoms with E-state index in [4.69, 9.17) is 5.73 Å². The van der Waals surface area contributed by atoms with Crippen LogP contribution in [0.4, 0.5) is 11.4 Å². The first-order valence-corrected chi connectivity index (χ1v) is 12.5. The maximum absolute atomic E-state index is 12.9. The molecule has 1 aliphatic rings. The van der Waals surface area contributed by atoms with Crippen LogP contribution in [0.2, 0.25) is 0 Å². The number of nitrogens with one attached hydrogen (secondary N) is 1. The van der Waals surface area contributed by atoms with Gasteiger partial charge in [-0.15, -0.1) is 0 Å². The summed E-state index contributed by atoms with van der Waals surface area (Å²) < 4.78 is 97.5. The molecule has 0 aromatic heterocycles. The summed E-state index contributed by atoms with van der Waals surface area (Å²) in [5.41, 5.74) is 5.45. The number of Topliss-reactive ketones (excluding diaryl/α,β-unsaturated/α-hetero) is 1. The summed E-state index contributed by atoms with van der Waals surface area (Å²) in [6.45, 7) is 0. The lowest BCUT2D eigenvalue weighted by molar-refractivity contribution is 0.106. The number of carbonyl (C=O) groups excluding carboxylic acids is 1. The molecule has 0 saturated heterocycles. The van der Waals surface area contributed by atoms with Gasteiger partial charge >= 0.3 is 0 Å². The number of anilines is 2. The second-order valence-corrected chi connectivity index (χ2v) is 10.5. The zero-order valence-electron chi connectivity index (χ0n) is 15.5. The average Bonchev–Trinajstić information content (AvgIpc) is 2.64. The van der Waals surface area contributed by atoms with E-state index in [0.717, 1.165) is 24.3 Å². The summed E-state index contributed by atoms with van der Waals surface area (Å²) in [6.07, 6.45) is 0.701. The van der Waals surface area contributed by atoms with Crippen molar-refractivity contribution < 1.29 is 43.7 Å². The number of hydrazone groups is 1. The zero-order valence-corrected chi connectivity index (χ0v) is 17.9. The van der Waals surface area contributed by atoms with Crippen molar-refractivity contribution in [3.05, 3.63) is 52.4 Å². The van der Waals surface area contributed by atoms with Gasteiger partial charge in [-0.3, -0.25) is 23.9 Å². The summed E-state index contributed by atoms with van der Waals surface area (Å²) in [7, 11) is -14.6. The molecule has 170 valence electrons. The second kappa shape index (κ2) is 7.76. The highest BCUT2D eigenvalue weighted by molar-refractivity contribution is 7.91. The molecule has 32 heavy (non-hydrogen) atoms. The van der Waals surface area contributed by atoms with Crippen molar-refractivity contribution in [1.82, 2.24) is 0 Å². The van der Waals surface area contributed by atoms with Gasteiger partial charge < -0.3 is 5.73 Å². The van der Waals surface area contributed by atoms with Gasteiger partial charge in [0.05, 0.1) is 16.1 Å². The number of para-hydroxylation sites is 1. The van der Waals surface area contributed by atoms with Crippen LogP contribution in [-0.2, 0) is 30.4 Å². The van der Waals surface area contributed by atoms with Crippen LogP contribution in [-0.4, -0.2) is 50.4 Å². The number of ketones is 1. The Labute approximate surface area is 181 Å². The Hall–Kier alpha value is -3.15. The van der Waals surface area contributed by atoms with Crippen LogP contribution in [0.3, 0.4) is 0 Å². The van der Waals surface area contributed by atoms with Gasteiger partial charge in [0.25, 0.3) is 30.4 Å². The fourth-order valence-electron chi connectivity index (χ4n) is 2.83. The number of nitrogens with zero attached hydrogens (tertiary/aromatic N) is 1. The Morgan fingerprint density at radius 3 is 2.06 bits per heavy atom. The molecule has 0 saturated carbocycles. The lowest BCUT2D eigenvalue weighted by Gasteiger charge is -2.18. The highest BCUT2D eigenvalue weighted by atomic mass is 32.2. The predicted molar refractivity (Wildman–Crippen MR) is 112 cm³/mol. The Kier molecular flexibility index (Phi) is 5.71. The van der Waals surface area contributed by atoms with Gasteiger partial charge in [-0.2, -0.15) is 30.4 Å². The molecular formula is C16H13N3O10S3. The highest BCUT2D eigenvalue weighted by Gasteiger charge is 2.35. The van der Waals surface area contributed by atoms with Crippen LogP contribution in [0.15, 0.2) is 56.2 Å². The quantitative estimate of drug-likeness (QED) is 0.215. The fourth-order valence-corrected chi connectivity index (χ4v) is 4.68. The smallest absolute Gasteiger partial charge is 0.296 e. The monoisotopic (exact) mass is 503 g/mol. The minimum atomic E-state index is -5.11. The molecule has 0 bridgehead atoms. The number of fused-ring (bicyclic) bond motifs is 1. The van der Waals surface area contributed by atoms with Crippen molar-refractivity contribution >= 4 is 59.3 Å². The van der Waals surface area contributed by atoms with Crippen molar-refractivity contribution in [2.24, 2.45) is 5.10 Å². The number of rotatable bonds is 5. The second-order valence-electron chi connectivity index (χ2n) is 6.31. The minimum Gasteiger partial charge on any atom is -0.398 e. The maximum atomic E-state index is 12.9.